The second-order valence-electron chi connectivity index (χ2n) is 3.16. The van der Waals surface area contributed by atoms with Gasteiger partial charge in [0, 0.05) is 11.6 Å². The maximum Gasteiger partial charge on any atom is 0.194 e. The van der Waals surface area contributed by atoms with Gasteiger partial charge in [0.15, 0.2) is 10.8 Å². The van der Waals surface area contributed by atoms with Gasteiger partial charge in [-0.05, 0) is 0 Å². The summed E-state index contributed by atoms with van der Waals surface area (Å²) < 4.78 is 1.96. The lowest BCUT2D eigenvalue weighted by Gasteiger charge is -1.97. The first-order valence-corrected chi connectivity index (χ1v) is 5.56. The average molecular weight is 232 g/mol. The number of fused-ring (bicyclic) bond motifs is 1. The zero-order valence-corrected chi connectivity index (χ0v) is 9.05. The number of hydrogen-bond acceptors (Lipinski definition) is 6. The molecule has 3 heterocycles. The lowest BCUT2D eigenvalue weighted by atomic mass is 10.3. The van der Waals surface area contributed by atoms with E-state index in [9.17, 15) is 0 Å². The Kier molecular flexibility index (Phi) is 2.12. The van der Waals surface area contributed by atoms with Crippen LogP contribution in [0.25, 0.3) is 16.3 Å². The summed E-state index contributed by atoms with van der Waals surface area (Å²) in [4.78, 5) is 9.30. The fraction of sp³-hybridized carbons (Fsp3) is 0.111. The Labute approximate surface area is 94.8 Å². The molecule has 2 N–H and O–H groups in total. The SMILES string of the molecule is NCc1ncc(-c2cnc3sccn23)nn1. The highest BCUT2D eigenvalue weighted by molar-refractivity contribution is 7.15. The van der Waals surface area contributed by atoms with E-state index in [0.29, 0.717) is 18.1 Å². The van der Waals surface area contributed by atoms with Crippen molar-refractivity contribution in [1.29, 1.82) is 0 Å². The zero-order valence-electron chi connectivity index (χ0n) is 8.24. The Hall–Kier alpha value is -1.86. The van der Waals surface area contributed by atoms with Crippen LogP contribution in [0.4, 0.5) is 0 Å². The second kappa shape index (κ2) is 3.62. The van der Waals surface area contributed by atoms with Gasteiger partial charge in [-0.2, -0.15) is 0 Å². The summed E-state index contributed by atoms with van der Waals surface area (Å²) in [6.07, 6.45) is 5.37. The van der Waals surface area contributed by atoms with Crippen molar-refractivity contribution in [2.24, 2.45) is 5.73 Å². The summed E-state index contributed by atoms with van der Waals surface area (Å²) in [5.74, 6) is 0.537. The number of nitrogens with two attached hydrogens (primary N) is 1. The normalized spacial score (nSPS) is 11.1. The first-order chi connectivity index (χ1) is 7.88. The summed E-state index contributed by atoms with van der Waals surface area (Å²) in [5, 5.41) is 9.97. The molecule has 0 saturated carbocycles. The van der Waals surface area contributed by atoms with E-state index in [1.807, 2.05) is 16.0 Å². The van der Waals surface area contributed by atoms with E-state index in [1.54, 1.807) is 23.7 Å². The molecular weight excluding hydrogens is 224 g/mol. The fourth-order valence-electron chi connectivity index (χ4n) is 1.43. The van der Waals surface area contributed by atoms with E-state index in [-0.39, 0.29) is 0 Å². The third kappa shape index (κ3) is 1.37. The third-order valence-corrected chi connectivity index (χ3v) is 2.97. The maximum atomic E-state index is 5.41. The molecule has 0 bridgehead atoms. The molecule has 3 rings (SSSR count). The van der Waals surface area contributed by atoms with Gasteiger partial charge in [0.1, 0.15) is 5.69 Å². The molecule has 0 unspecified atom stereocenters. The molecule has 0 aliphatic heterocycles. The van der Waals surface area contributed by atoms with Crippen LogP contribution in [0, 0.1) is 0 Å². The summed E-state index contributed by atoms with van der Waals surface area (Å²) in [6, 6.07) is 0. The van der Waals surface area contributed by atoms with Gasteiger partial charge in [0.2, 0.25) is 0 Å². The van der Waals surface area contributed by atoms with Crippen LogP contribution in [0.3, 0.4) is 0 Å². The van der Waals surface area contributed by atoms with Crippen LogP contribution in [0.15, 0.2) is 24.0 Å². The molecule has 0 atom stereocenters. The lowest BCUT2D eigenvalue weighted by molar-refractivity contribution is 0.832. The topological polar surface area (TPSA) is 82.0 Å². The molecule has 6 nitrogen and oxygen atoms in total. The van der Waals surface area contributed by atoms with Crippen molar-refractivity contribution < 1.29 is 0 Å². The molecule has 0 aromatic carbocycles. The molecule has 0 radical (unpaired) electrons. The minimum atomic E-state index is 0.299. The number of imidazole rings is 1. The highest BCUT2D eigenvalue weighted by Gasteiger charge is 2.08. The smallest absolute Gasteiger partial charge is 0.194 e. The van der Waals surface area contributed by atoms with Gasteiger partial charge in [-0.15, -0.1) is 21.5 Å². The van der Waals surface area contributed by atoms with Crippen molar-refractivity contribution in [1.82, 2.24) is 24.6 Å². The Bertz CT molecular complexity index is 610. The number of hydrogen-bond donors (Lipinski definition) is 1. The minimum Gasteiger partial charge on any atom is -0.324 e. The van der Waals surface area contributed by atoms with Crippen molar-refractivity contribution in [3.8, 4) is 11.4 Å². The van der Waals surface area contributed by atoms with E-state index < -0.39 is 0 Å². The molecule has 0 aliphatic rings. The van der Waals surface area contributed by atoms with Gasteiger partial charge in [0.25, 0.3) is 0 Å². The van der Waals surface area contributed by atoms with Crippen LogP contribution in [-0.4, -0.2) is 24.6 Å². The van der Waals surface area contributed by atoms with Gasteiger partial charge in [-0.1, -0.05) is 0 Å². The largest absolute Gasteiger partial charge is 0.324 e. The summed E-state index contributed by atoms with van der Waals surface area (Å²) >= 11 is 1.57. The number of nitrogens with zero attached hydrogens (tertiary/aromatic N) is 5. The molecule has 0 saturated heterocycles. The van der Waals surface area contributed by atoms with E-state index in [2.05, 4.69) is 20.2 Å². The Balaban J connectivity index is 2.12. The van der Waals surface area contributed by atoms with Crippen LogP contribution >= 0.6 is 11.3 Å². The predicted octanol–water partition coefficient (Wildman–Crippen LogP) is 0.706. The lowest BCUT2D eigenvalue weighted by Crippen LogP contribution is -2.04. The van der Waals surface area contributed by atoms with Gasteiger partial charge >= 0.3 is 0 Å². The fourth-order valence-corrected chi connectivity index (χ4v) is 2.12. The van der Waals surface area contributed by atoms with E-state index in [4.69, 9.17) is 5.73 Å². The molecule has 0 aliphatic carbocycles. The first-order valence-electron chi connectivity index (χ1n) is 4.68. The Morgan fingerprint density at radius 3 is 2.94 bits per heavy atom. The monoisotopic (exact) mass is 232 g/mol. The predicted molar refractivity (Wildman–Crippen MR) is 59.8 cm³/mol. The van der Waals surface area contributed by atoms with E-state index in [1.165, 1.54) is 0 Å². The molecule has 0 amide bonds. The van der Waals surface area contributed by atoms with Crippen molar-refractivity contribution in [3.63, 3.8) is 0 Å². The molecular formula is C9H8N6S. The second-order valence-corrected chi connectivity index (χ2v) is 4.04. The molecule has 16 heavy (non-hydrogen) atoms. The van der Waals surface area contributed by atoms with Crippen molar-refractivity contribution in [2.45, 2.75) is 6.54 Å². The van der Waals surface area contributed by atoms with Crippen LogP contribution in [-0.2, 0) is 6.54 Å². The molecule has 0 fully saturated rings. The quantitative estimate of drug-likeness (QED) is 0.703. The Morgan fingerprint density at radius 1 is 1.25 bits per heavy atom. The Morgan fingerprint density at radius 2 is 2.19 bits per heavy atom. The number of rotatable bonds is 2. The van der Waals surface area contributed by atoms with Gasteiger partial charge in [-0.25, -0.2) is 9.97 Å². The summed E-state index contributed by atoms with van der Waals surface area (Å²) in [6.45, 7) is 0.299. The molecule has 80 valence electrons. The van der Waals surface area contributed by atoms with Crippen molar-refractivity contribution in [3.05, 3.63) is 29.8 Å². The van der Waals surface area contributed by atoms with Gasteiger partial charge in [0.05, 0.1) is 24.6 Å². The molecule has 3 aromatic heterocycles. The molecule has 0 spiro atoms. The van der Waals surface area contributed by atoms with Crippen molar-refractivity contribution in [2.75, 3.05) is 0 Å². The standard InChI is InChI=1S/C9H8N6S/c10-3-8-11-4-6(13-14-8)7-5-12-9-15(7)1-2-16-9/h1-2,4-5H,3,10H2. The maximum absolute atomic E-state index is 5.41. The van der Waals surface area contributed by atoms with Crippen LogP contribution < -0.4 is 5.73 Å². The van der Waals surface area contributed by atoms with E-state index in [0.717, 1.165) is 10.7 Å². The average Bonchev–Trinajstić information content (AvgIpc) is 2.91. The number of thiazole rings is 1. The van der Waals surface area contributed by atoms with Crippen LogP contribution in [0.1, 0.15) is 5.82 Å². The van der Waals surface area contributed by atoms with Crippen LogP contribution in [0.5, 0.6) is 0 Å². The molecule has 3 aromatic rings. The van der Waals surface area contributed by atoms with E-state index >= 15 is 0 Å². The van der Waals surface area contributed by atoms with Gasteiger partial charge < -0.3 is 5.73 Å². The highest BCUT2D eigenvalue weighted by Crippen LogP contribution is 2.20. The first kappa shape index (κ1) is 9.37. The zero-order chi connectivity index (χ0) is 11.0. The van der Waals surface area contributed by atoms with Crippen molar-refractivity contribution >= 4 is 16.3 Å². The van der Waals surface area contributed by atoms with Gasteiger partial charge in [-0.3, -0.25) is 4.40 Å². The number of aromatic nitrogens is 5. The molecule has 7 heteroatoms. The minimum absolute atomic E-state index is 0.299. The van der Waals surface area contributed by atoms with Crippen LogP contribution in [0.2, 0.25) is 0 Å². The summed E-state index contributed by atoms with van der Waals surface area (Å²) in [5.41, 5.74) is 7.00. The summed E-state index contributed by atoms with van der Waals surface area (Å²) in [7, 11) is 0. The highest BCUT2D eigenvalue weighted by atomic mass is 32.1. The third-order valence-electron chi connectivity index (χ3n) is 2.20.